The van der Waals surface area contributed by atoms with Crippen molar-refractivity contribution < 1.29 is 23.8 Å². The van der Waals surface area contributed by atoms with E-state index >= 15 is 0 Å². The Morgan fingerprint density at radius 1 is 0.977 bits per heavy atom. The average molecular weight is 583 g/mol. The van der Waals surface area contributed by atoms with E-state index in [1.54, 1.807) is 26.4 Å². The van der Waals surface area contributed by atoms with Gasteiger partial charge in [0.05, 0.1) is 19.9 Å². The monoisotopic (exact) mass is 582 g/mol. The van der Waals surface area contributed by atoms with Crippen molar-refractivity contribution in [2.45, 2.75) is 43.7 Å². The molecular formula is C34H38N4O5. The third-order valence-corrected chi connectivity index (χ3v) is 11.1. The van der Waals surface area contributed by atoms with Gasteiger partial charge in [0, 0.05) is 48.8 Å². The molecule has 4 atom stereocenters. The zero-order chi connectivity index (χ0) is 29.6. The summed E-state index contributed by atoms with van der Waals surface area (Å²) in [6.07, 6.45) is 2.79. The number of hydrogen-bond donors (Lipinski definition) is 1. The van der Waals surface area contributed by atoms with Gasteiger partial charge in [0.1, 0.15) is 17.5 Å². The number of likely N-dealkylation sites (tertiary alicyclic amines) is 1. The van der Waals surface area contributed by atoms with Crippen molar-refractivity contribution in [2.75, 3.05) is 54.0 Å². The molecule has 2 amide bonds. The number of amides is 2. The second-order valence-corrected chi connectivity index (χ2v) is 12.8. The lowest BCUT2D eigenvalue weighted by Gasteiger charge is -2.57. The summed E-state index contributed by atoms with van der Waals surface area (Å²) in [5.74, 6) is 2.71. The molecule has 4 heterocycles. The summed E-state index contributed by atoms with van der Waals surface area (Å²) in [7, 11) is 5.56. The number of fused-ring (bicyclic) bond motifs is 2. The first kappa shape index (κ1) is 26.6. The molecule has 2 aliphatic carbocycles. The van der Waals surface area contributed by atoms with Gasteiger partial charge in [-0.15, -0.1) is 0 Å². The van der Waals surface area contributed by atoms with E-state index in [0.717, 1.165) is 48.6 Å². The Kier molecular flexibility index (Phi) is 5.89. The van der Waals surface area contributed by atoms with Gasteiger partial charge in [-0.25, -0.2) is 0 Å². The van der Waals surface area contributed by atoms with Gasteiger partial charge >= 0.3 is 0 Å². The number of H-pyrrole nitrogens is 1. The van der Waals surface area contributed by atoms with Crippen molar-refractivity contribution in [3.05, 3.63) is 75.6 Å². The third-order valence-electron chi connectivity index (χ3n) is 11.1. The van der Waals surface area contributed by atoms with Gasteiger partial charge in [-0.1, -0.05) is 12.1 Å². The van der Waals surface area contributed by atoms with Crippen LogP contribution < -0.4 is 14.2 Å². The van der Waals surface area contributed by atoms with Crippen LogP contribution in [0.1, 0.15) is 61.3 Å². The van der Waals surface area contributed by atoms with Gasteiger partial charge in [0.2, 0.25) is 0 Å². The fourth-order valence-corrected chi connectivity index (χ4v) is 8.86. The molecule has 2 saturated heterocycles. The molecule has 224 valence electrons. The molecule has 3 aromatic rings. The van der Waals surface area contributed by atoms with Crippen molar-refractivity contribution in [1.82, 2.24) is 19.7 Å². The molecule has 0 radical (unpaired) electrons. The van der Waals surface area contributed by atoms with E-state index in [1.165, 1.54) is 16.7 Å². The minimum absolute atomic E-state index is 0.00489. The summed E-state index contributed by atoms with van der Waals surface area (Å²) >= 11 is 0. The highest BCUT2D eigenvalue weighted by Gasteiger charge is 2.65. The average Bonchev–Trinajstić information content (AvgIpc) is 3.56. The highest BCUT2D eigenvalue weighted by molar-refractivity contribution is 5.96. The summed E-state index contributed by atoms with van der Waals surface area (Å²) in [6, 6.07) is 11.9. The number of piperidine rings is 1. The van der Waals surface area contributed by atoms with Crippen LogP contribution >= 0.6 is 0 Å². The van der Waals surface area contributed by atoms with E-state index in [0.29, 0.717) is 55.1 Å². The number of nitrogens with one attached hydrogen (secondary N) is 1. The maximum Gasteiger partial charge on any atom is 0.270 e. The fourth-order valence-electron chi connectivity index (χ4n) is 8.86. The van der Waals surface area contributed by atoms with E-state index in [2.05, 4.69) is 29.9 Å². The van der Waals surface area contributed by atoms with Crippen LogP contribution in [0, 0.1) is 12.8 Å². The Bertz CT molecular complexity index is 1660. The van der Waals surface area contributed by atoms with E-state index in [-0.39, 0.29) is 23.3 Å². The topological polar surface area (TPSA) is 87.3 Å². The lowest BCUT2D eigenvalue weighted by Crippen LogP contribution is -2.62. The SMILES string of the molecule is COc1cccc(C(=O)N2CCN(C(=O)c3[nH]c4c(c3C)CC3[C@@H]5Cc6ccc(OC)c7c6[C@@]3(CCN5C)[C@H]4O7)CC2)c1. The van der Waals surface area contributed by atoms with Crippen LogP contribution in [0.25, 0.3) is 0 Å². The molecule has 2 fully saturated rings. The van der Waals surface area contributed by atoms with Gasteiger partial charge in [-0.3, -0.25) is 9.59 Å². The van der Waals surface area contributed by atoms with Gasteiger partial charge in [-0.05, 0) is 86.7 Å². The van der Waals surface area contributed by atoms with Gasteiger partial charge < -0.3 is 33.9 Å². The van der Waals surface area contributed by atoms with Crippen molar-refractivity contribution in [1.29, 1.82) is 0 Å². The maximum atomic E-state index is 14.0. The molecule has 2 aromatic carbocycles. The molecule has 1 spiro atoms. The molecule has 9 nitrogen and oxygen atoms in total. The Hall–Kier alpha value is -3.98. The number of carbonyl (C=O) groups excluding carboxylic acids is 2. The highest BCUT2D eigenvalue weighted by Crippen LogP contribution is 2.67. The number of piperazine rings is 1. The number of ether oxygens (including phenoxy) is 3. The van der Waals surface area contributed by atoms with E-state index in [9.17, 15) is 9.59 Å². The predicted molar refractivity (Wildman–Crippen MR) is 160 cm³/mol. The first-order valence-corrected chi connectivity index (χ1v) is 15.4. The maximum absolute atomic E-state index is 14.0. The van der Waals surface area contributed by atoms with Gasteiger partial charge in [0.15, 0.2) is 11.5 Å². The molecule has 43 heavy (non-hydrogen) atoms. The van der Waals surface area contributed by atoms with Crippen LogP contribution in [-0.4, -0.2) is 91.5 Å². The predicted octanol–water partition coefficient (Wildman–Crippen LogP) is 3.74. The lowest BCUT2D eigenvalue weighted by atomic mass is 9.51. The second-order valence-electron chi connectivity index (χ2n) is 12.8. The van der Waals surface area contributed by atoms with Crippen molar-refractivity contribution >= 4 is 11.8 Å². The summed E-state index contributed by atoms with van der Waals surface area (Å²) in [5.41, 5.74) is 7.16. The molecular weight excluding hydrogens is 544 g/mol. The number of rotatable bonds is 4. The zero-order valence-electron chi connectivity index (χ0n) is 25.2. The number of hydrogen-bond acceptors (Lipinski definition) is 6. The number of methoxy groups -OCH3 is 2. The van der Waals surface area contributed by atoms with E-state index < -0.39 is 0 Å². The highest BCUT2D eigenvalue weighted by atomic mass is 16.5. The van der Waals surface area contributed by atoms with Crippen LogP contribution in [0.4, 0.5) is 0 Å². The number of likely N-dealkylation sites (N-methyl/N-ethyl adjacent to an activating group) is 1. The molecule has 1 N–H and O–H groups in total. The number of nitrogens with zero attached hydrogens (tertiary/aromatic N) is 3. The van der Waals surface area contributed by atoms with Crippen LogP contribution in [0.2, 0.25) is 0 Å². The summed E-state index contributed by atoms with van der Waals surface area (Å²) in [4.78, 5) is 37.0. The Morgan fingerprint density at radius 2 is 1.74 bits per heavy atom. The lowest BCUT2D eigenvalue weighted by molar-refractivity contribution is -0.0256. The summed E-state index contributed by atoms with van der Waals surface area (Å²) < 4.78 is 18.0. The van der Waals surface area contributed by atoms with E-state index in [4.69, 9.17) is 14.2 Å². The molecule has 1 unspecified atom stereocenters. The first-order chi connectivity index (χ1) is 20.8. The Morgan fingerprint density at radius 3 is 2.49 bits per heavy atom. The standard InChI is InChI=1S/C34H38N4O5/c1-19-23-18-24-25-17-20-8-9-26(42-4)30-27(20)34(24,10-11-36(25)2)31(43-30)29(23)35-28(19)33(40)38-14-12-37(13-15-38)32(39)21-6-5-7-22(16-21)41-3/h5-9,16,24-25,31,35H,10-15,17-18H2,1-4H3/t24?,25-,31-,34-/m0/s1. The van der Waals surface area contributed by atoms with Crippen molar-refractivity contribution in [3.8, 4) is 17.2 Å². The van der Waals surface area contributed by atoms with Crippen LogP contribution in [-0.2, 0) is 18.3 Å². The third kappa shape index (κ3) is 3.60. The molecule has 3 aliphatic heterocycles. The van der Waals surface area contributed by atoms with Crippen molar-refractivity contribution in [2.24, 2.45) is 5.92 Å². The van der Waals surface area contributed by atoms with Crippen LogP contribution in [0.15, 0.2) is 36.4 Å². The molecule has 0 saturated carbocycles. The molecule has 8 rings (SSSR count). The number of carbonyl (C=O) groups is 2. The first-order valence-electron chi connectivity index (χ1n) is 15.4. The number of aromatic nitrogens is 1. The van der Waals surface area contributed by atoms with Crippen LogP contribution in [0.3, 0.4) is 0 Å². The quantitative estimate of drug-likeness (QED) is 0.505. The largest absolute Gasteiger partial charge is 0.497 e. The second kappa shape index (κ2) is 9.51. The van der Waals surface area contributed by atoms with Gasteiger partial charge in [-0.2, -0.15) is 0 Å². The minimum Gasteiger partial charge on any atom is -0.497 e. The smallest absolute Gasteiger partial charge is 0.270 e. The molecule has 5 aliphatic rings. The van der Waals surface area contributed by atoms with Crippen LogP contribution in [0.5, 0.6) is 17.2 Å². The Balaban J connectivity index is 1.09. The zero-order valence-corrected chi connectivity index (χ0v) is 25.2. The molecule has 9 heteroatoms. The van der Waals surface area contributed by atoms with E-state index in [1.807, 2.05) is 28.0 Å². The number of benzene rings is 2. The molecule has 1 aromatic heterocycles. The van der Waals surface area contributed by atoms with Crippen molar-refractivity contribution in [3.63, 3.8) is 0 Å². The minimum atomic E-state index is -0.166. The fraction of sp³-hybridized carbons (Fsp3) is 0.471. The number of aromatic amines is 1. The Labute approximate surface area is 251 Å². The van der Waals surface area contributed by atoms with Gasteiger partial charge in [0.25, 0.3) is 11.8 Å². The summed E-state index contributed by atoms with van der Waals surface area (Å²) in [5, 5.41) is 0. The summed E-state index contributed by atoms with van der Waals surface area (Å²) in [6.45, 7) is 5.07. The molecule has 2 bridgehead atoms. The normalized spacial score (nSPS) is 26.8.